The molecule has 0 radical (unpaired) electrons. The van der Waals surface area contributed by atoms with Gasteiger partial charge >= 0.3 is 163 Å². The SMILES string of the molecule is Clc1cccc2cccc([Se][Se]c3cccc4cccc(Cl)c34)c12. The van der Waals surface area contributed by atoms with Gasteiger partial charge in [-0.05, 0) is 0 Å². The minimum atomic E-state index is 0.352. The fourth-order valence-corrected chi connectivity index (χ4v) is 10.8. The van der Waals surface area contributed by atoms with E-state index in [4.69, 9.17) is 23.2 Å². The van der Waals surface area contributed by atoms with Gasteiger partial charge in [0.2, 0.25) is 0 Å². The van der Waals surface area contributed by atoms with E-state index in [1.54, 1.807) is 0 Å². The first kappa shape index (κ1) is 16.5. The maximum atomic E-state index is 6.46. The second kappa shape index (κ2) is 7.10. The third-order valence-electron chi connectivity index (χ3n) is 3.85. The van der Waals surface area contributed by atoms with Gasteiger partial charge in [0.05, 0.1) is 0 Å². The quantitative estimate of drug-likeness (QED) is 0.377. The van der Waals surface area contributed by atoms with Gasteiger partial charge in [-0.15, -0.1) is 0 Å². The summed E-state index contributed by atoms with van der Waals surface area (Å²) in [4.78, 5) is 0. The summed E-state index contributed by atoms with van der Waals surface area (Å²) in [5.74, 6) is 0. The Balaban J connectivity index is 1.74. The van der Waals surface area contributed by atoms with Gasteiger partial charge in [-0.1, -0.05) is 0 Å². The second-order valence-corrected chi connectivity index (χ2v) is 12.3. The van der Waals surface area contributed by atoms with Crippen molar-refractivity contribution < 1.29 is 0 Å². The van der Waals surface area contributed by atoms with Crippen molar-refractivity contribution >= 4 is 79.9 Å². The molecular formula is C20H12Cl2Se2. The standard InChI is InChI=1S/C20H12Cl2Se2/c21-15-9-1-5-13-7-3-11-17(19(13)15)23-24-18-12-4-8-14-6-2-10-16(22)20(14)18/h1-12H. The summed E-state index contributed by atoms with van der Waals surface area (Å²) in [6.45, 7) is 0. The molecule has 4 heteroatoms. The van der Waals surface area contributed by atoms with Gasteiger partial charge in [-0.2, -0.15) is 0 Å². The van der Waals surface area contributed by atoms with E-state index in [0.29, 0.717) is 26.3 Å². The van der Waals surface area contributed by atoms with Crippen LogP contribution >= 0.6 is 23.2 Å². The minimum absolute atomic E-state index is 0.352. The van der Waals surface area contributed by atoms with E-state index in [9.17, 15) is 0 Å². The molecule has 0 fully saturated rings. The monoisotopic (exact) mass is 482 g/mol. The Kier molecular flexibility index (Phi) is 4.88. The summed E-state index contributed by atoms with van der Waals surface area (Å²) in [5, 5.41) is 6.53. The molecule has 0 aliphatic carbocycles. The zero-order chi connectivity index (χ0) is 16.5. The Morgan fingerprint density at radius 3 is 1.29 bits per heavy atom. The van der Waals surface area contributed by atoms with E-state index in [2.05, 4.69) is 48.5 Å². The van der Waals surface area contributed by atoms with Crippen LogP contribution in [-0.2, 0) is 0 Å². The van der Waals surface area contributed by atoms with Crippen molar-refractivity contribution in [3.05, 3.63) is 82.8 Å². The summed E-state index contributed by atoms with van der Waals surface area (Å²) in [6.07, 6.45) is 0. The third-order valence-corrected chi connectivity index (χ3v) is 11.7. The van der Waals surface area contributed by atoms with Crippen LogP contribution in [0.2, 0.25) is 10.0 Å². The molecule has 24 heavy (non-hydrogen) atoms. The first-order chi connectivity index (χ1) is 11.7. The van der Waals surface area contributed by atoms with Crippen LogP contribution in [0.1, 0.15) is 0 Å². The number of hydrogen-bond donors (Lipinski definition) is 0. The number of benzene rings is 4. The van der Waals surface area contributed by atoms with Crippen LogP contribution in [0.3, 0.4) is 0 Å². The molecule has 0 atom stereocenters. The Bertz CT molecular complexity index is 948. The Morgan fingerprint density at radius 2 is 0.875 bits per heavy atom. The fraction of sp³-hybridized carbons (Fsp3) is 0. The summed E-state index contributed by atoms with van der Waals surface area (Å²) < 4.78 is 2.74. The molecule has 0 saturated carbocycles. The molecule has 0 heterocycles. The molecule has 0 unspecified atom stereocenters. The summed E-state index contributed by atoms with van der Waals surface area (Å²) in [5.41, 5.74) is 0. The maximum absolute atomic E-state index is 6.46. The topological polar surface area (TPSA) is 0 Å². The molecule has 4 aromatic rings. The Labute approximate surface area is 162 Å². The third kappa shape index (κ3) is 3.11. The van der Waals surface area contributed by atoms with Crippen LogP contribution in [0, 0.1) is 0 Å². The number of rotatable bonds is 3. The Hall–Kier alpha value is -0.981. The van der Waals surface area contributed by atoms with Crippen molar-refractivity contribution in [3.63, 3.8) is 0 Å². The molecule has 0 spiro atoms. The molecular weight excluding hydrogens is 469 g/mol. The van der Waals surface area contributed by atoms with E-state index in [1.165, 1.54) is 30.5 Å². The van der Waals surface area contributed by atoms with Crippen molar-refractivity contribution in [1.82, 2.24) is 0 Å². The molecule has 0 N–H and O–H groups in total. The van der Waals surface area contributed by atoms with Gasteiger partial charge in [-0.25, -0.2) is 0 Å². The van der Waals surface area contributed by atoms with Crippen molar-refractivity contribution in [2.75, 3.05) is 0 Å². The van der Waals surface area contributed by atoms with E-state index in [0.717, 1.165) is 10.0 Å². The predicted molar refractivity (Wildman–Crippen MR) is 109 cm³/mol. The zero-order valence-corrected chi connectivity index (χ0v) is 17.4. The Morgan fingerprint density at radius 1 is 0.500 bits per heavy atom. The van der Waals surface area contributed by atoms with Gasteiger partial charge in [0, 0.05) is 0 Å². The zero-order valence-electron chi connectivity index (χ0n) is 12.5. The van der Waals surface area contributed by atoms with E-state index >= 15 is 0 Å². The summed E-state index contributed by atoms with van der Waals surface area (Å²) in [7, 11) is 0. The molecule has 0 aliphatic rings. The van der Waals surface area contributed by atoms with Crippen molar-refractivity contribution in [2.45, 2.75) is 0 Å². The van der Waals surface area contributed by atoms with Gasteiger partial charge in [0.1, 0.15) is 0 Å². The van der Waals surface area contributed by atoms with Gasteiger partial charge in [-0.3, -0.25) is 0 Å². The average Bonchev–Trinajstić information content (AvgIpc) is 2.60. The van der Waals surface area contributed by atoms with E-state index < -0.39 is 0 Å². The van der Waals surface area contributed by atoms with Crippen molar-refractivity contribution in [2.24, 2.45) is 0 Å². The number of hydrogen-bond acceptors (Lipinski definition) is 0. The van der Waals surface area contributed by atoms with Crippen LogP contribution in [-0.4, -0.2) is 26.3 Å². The summed E-state index contributed by atoms with van der Waals surface area (Å²) >= 11 is 13.6. The molecule has 0 bridgehead atoms. The molecule has 118 valence electrons. The molecule has 4 aromatic carbocycles. The number of halogens is 2. The first-order valence-corrected chi connectivity index (χ1v) is 14.2. The molecule has 0 aromatic heterocycles. The van der Waals surface area contributed by atoms with Crippen LogP contribution < -0.4 is 8.92 Å². The fourth-order valence-electron chi connectivity index (χ4n) is 2.75. The van der Waals surface area contributed by atoms with Crippen LogP contribution in [0.25, 0.3) is 21.5 Å². The van der Waals surface area contributed by atoms with Crippen molar-refractivity contribution in [1.29, 1.82) is 0 Å². The van der Waals surface area contributed by atoms with Crippen LogP contribution in [0.4, 0.5) is 0 Å². The van der Waals surface area contributed by atoms with Gasteiger partial charge < -0.3 is 0 Å². The van der Waals surface area contributed by atoms with Crippen LogP contribution in [0.5, 0.6) is 0 Å². The second-order valence-electron chi connectivity index (χ2n) is 5.35. The van der Waals surface area contributed by atoms with Gasteiger partial charge in [0.25, 0.3) is 0 Å². The molecule has 0 amide bonds. The van der Waals surface area contributed by atoms with Crippen molar-refractivity contribution in [3.8, 4) is 0 Å². The normalized spacial score (nSPS) is 11.2. The molecule has 0 aliphatic heterocycles. The molecule has 0 saturated heterocycles. The summed E-state index contributed by atoms with van der Waals surface area (Å²) in [6, 6.07) is 25.2. The molecule has 0 nitrogen and oxygen atoms in total. The molecule has 4 rings (SSSR count). The van der Waals surface area contributed by atoms with Crippen LogP contribution in [0.15, 0.2) is 72.8 Å². The van der Waals surface area contributed by atoms with E-state index in [1.807, 2.05) is 24.3 Å². The van der Waals surface area contributed by atoms with E-state index in [-0.39, 0.29) is 0 Å². The average molecular weight is 481 g/mol. The predicted octanol–water partition coefficient (Wildman–Crippen LogP) is 4.57. The van der Waals surface area contributed by atoms with Gasteiger partial charge in [0.15, 0.2) is 0 Å². The first-order valence-electron chi connectivity index (χ1n) is 7.43. The number of fused-ring (bicyclic) bond motifs is 2.